The van der Waals surface area contributed by atoms with Gasteiger partial charge in [-0.05, 0) is 11.8 Å². The van der Waals surface area contributed by atoms with Crippen molar-refractivity contribution in [2.45, 2.75) is 33.2 Å². The van der Waals surface area contributed by atoms with Gasteiger partial charge in [-0.3, -0.25) is 16.0 Å². The molecule has 0 radical (unpaired) electrons. The largest absolute Gasteiger partial charge is 0.275 e. The lowest BCUT2D eigenvalue weighted by molar-refractivity contribution is 0.313. The second-order valence-electron chi connectivity index (χ2n) is 4.93. The second-order valence-corrected chi connectivity index (χ2v) is 4.93. The van der Waals surface area contributed by atoms with Gasteiger partial charge in [0.05, 0.1) is 6.20 Å². The molecule has 0 aliphatic carbocycles. The molecule has 0 spiro atoms. The van der Waals surface area contributed by atoms with Crippen molar-refractivity contribution in [3.05, 3.63) is 18.0 Å². The van der Waals surface area contributed by atoms with E-state index in [1.54, 1.807) is 4.68 Å². The maximum atomic E-state index is 5.53. The zero-order chi connectivity index (χ0) is 10.8. The minimum atomic E-state index is 0.184. The third-order valence-electron chi connectivity index (χ3n) is 2.14. The van der Waals surface area contributed by atoms with Gasteiger partial charge < -0.3 is 0 Å². The number of aromatic nitrogens is 2. The summed E-state index contributed by atoms with van der Waals surface area (Å²) in [5, 5.41) is 4.14. The fourth-order valence-electron chi connectivity index (χ4n) is 1.51. The van der Waals surface area contributed by atoms with Crippen molar-refractivity contribution in [1.82, 2.24) is 15.2 Å². The molecule has 4 heteroatoms. The molecule has 0 saturated heterocycles. The topological polar surface area (TPSA) is 55.9 Å². The van der Waals surface area contributed by atoms with Crippen molar-refractivity contribution in [2.24, 2.45) is 18.3 Å². The highest BCUT2D eigenvalue weighted by atomic mass is 15.3. The third-order valence-corrected chi connectivity index (χ3v) is 2.14. The normalized spacial score (nSPS) is 14.4. The van der Waals surface area contributed by atoms with Gasteiger partial charge in [-0.2, -0.15) is 5.10 Å². The first-order valence-corrected chi connectivity index (χ1v) is 4.87. The summed E-state index contributed by atoms with van der Waals surface area (Å²) in [7, 11) is 1.91. The molecule has 3 N–H and O–H groups in total. The number of nitrogens with one attached hydrogen (secondary N) is 1. The van der Waals surface area contributed by atoms with Gasteiger partial charge in [0.25, 0.3) is 0 Å². The van der Waals surface area contributed by atoms with Crippen LogP contribution in [-0.4, -0.2) is 9.78 Å². The molecule has 0 aliphatic rings. The molecular formula is C10H20N4. The minimum absolute atomic E-state index is 0.184. The lowest BCUT2D eigenvalue weighted by Gasteiger charge is -2.24. The lowest BCUT2D eigenvalue weighted by Crippen LogP contribution is -2.30. The molecular weight excluding hydrogens is 176 g/mol. The highest BCUT2D eigenvalue weighted by Crippen LogP contribution is 2.28. The molecule has 0 amide bonds. The minimum Gasteiger partial charge on any atom is -0.275 e. The van der Waals surface area contributed by atoms with Crippen LogP contribution < -0.4 is 11.3 Å². The predicted molar refractivity (Wildman–Crippen MR) is 57.3 cm³/mol. The van der Waals surface area contributed by atoms with Gasteiger partial charge >= 0.3 is 0 Å². The van der Waals surface area contributed by atoms with Gasteiger partial charge in [-0.1, -0.05) is 20.8 Å². The summed E-state index contributed by atoms with van der Waals surface area (Å²) in [5.74, 6) is 5.53. The summed E-state index contributed by atoms with van der Waals surface area (Å²) < 4.78 is 1.79. The first-order valence-electron chi connectivity index (χ1n) is 4.87. The summed E-state index contributed by atoms with van der Waals surface area (Å²) in [4.78, 5) is 0. The molecule has 4 nitrogen and oxygen atoms in total. The van der Waals surface area contributed by atoms with Crippen molar-refractivity contribution in [3.8, 4) is 0 Å². The van der Waals surface area contributed by atoms with Crippen LogP contribution in [0, 0.1) is 5.41 Å². The van der Waals surface area contributed by atoms with Crippen LogP contribution in [0.5, 0.6) is 0 Å². The van der Waals surface area contributed by atoms with Crippen LogP contribution in [0.15, 0.2) is 12.4 Å². The molecule has 1 aromatic rings. The fraction of sp³-hybridized carbons (Fsp3) is 0.700. The maximum Gasteiger partial charge on any atom is 0.0538 e. The molecule has 0 fully saturated rings. The number of hydrogen-bond acceptors (Lipinski definition) is 3. The highest BCUT2D eigenvalue weighted by Gasteiger charge is 2.19. The lowest BCUT2D eigenvalue weighted by atomic mass is 9.86. The molecule has 0 saturated carbocycles. The van der Waals surface area contributed by atoms with Gasteiger partial charge in [0.2, 0.25) is 0 Å². The summed E-state index contributed by atoms with van der Waals surface area (Å²) >= 11 is 0. The quantitative estimate of drug-likeness (QED) is 0.567. The Morgan fingerprint density at radius 1 is 1.57 bits per heavy atom. The Bertz CT molecular complexity index is 285. The van der Waals surface area contributed by atoms with Crippen molar-refractivity contribution >= 4 is 0 Å². The van der Waals surface area contributed by atoms with E-state index in [4.69, 9.17) is 5.84 Å². The average molecular weight is 196 g/mol. The molecule has 0 aliphatic heterocycles. The first kappa shape index (κ1) is 11.2. The Kier molecular flexibility index (Phi) is 3.29. The summed E-state index contributed by atoms with van der Waals surface area (Å²) in [6.07, 6.45) is 4.85. The number of hydrazine groups is 1. The Morgan fingerprint density at radius 2 is 2.21 bits per heavy atom. The molecule has 1 atom stereocenters. The first-order chi connectivity index (χ1) is 6.42. The molecule has 1 heterocycles. The van der Waals surface area contributed by atoms with E-state index in [9.17, 15) is 0 Å². The Hall–Kier alpha value is -0.870. The van der Waals surface area contributed by atoms with Crippen LogP contribution >= 0.6 is 0 Å². The molecule has 80 valence electrons. The monoisotopic (exact) mass is 196 g/mol. The van der Waals surface area contributed by atoms with E-state index in [0.717, 1.165) is 12.0 Å². The van der Waals surface area contributed by atoms with Crippen LogP contribution in [0.4, 0.5) is 0 Å². The summed E-state index contributed by atoms with van der Waals surface area (Å²) in [6.45, 7) is 6.61. The van der Waals surface area contributed by atoms with Crippen LogP contribution in [0.25, 0.3) is 0 Å². The number of nitrogens with two attached hydrogens (primary N) is 1. The summed E-state index contributed by atoms with van der Waals surface area (Å²) in [6, 6.07) is 0.184. The zero-order valence-corrected chi connectivity index (χ0v) is 9.41. The van der Waals surface area contributed by atoms with Crippen molar-refractivity contribution in [2.75, 3.05) is 0 Å². The van der Waals surface area contributed by atoms with Gasteiger partial charge in [-0.25, -0.2) is 0 Å². The fourth-order valence-corrected chi connectivity index (χ4v) is 1.51. The predicted octanol–water partition coefficient (Wildman–Crippen LogP) is 1.36. The maximum absolute atomic E-state index is 5.53. The number of hydrogen-bond donors (Lipinski definition) is 2. The van der Waals surface area contributed by atoms with Gasteiger partial charge in [0.1, 0.15) is 0 Å². The molecule has 1 unspecified atom stereocenters. The SMILES string of the molecule is Cn1cc(C(CC(C)(C)C)NN)cn1. The van der Waals surface area contributed by atoms with Crippen LogP contribution in [0.1, 0.15) is 38.8 Å². The molecule has 0 bridgehead atoms. The Labute approximate surface area is 85.5 Å². The van der Waals surface area contributed by atoms with Crippen molar-refractivity contribution in [1.29, 1.82) is 0 Å². The highest BCUT2D eigenvalue weighted by molar-refractivity contribution is 5.10. The zero-order valence-electron chi connectivity index (χ0n) is 9.41. The van der Waals surface area contributed by atoms with Crippen molar-refractivity contribution in [3.63, 3.8) is 0 Å². The van der Waals surface area contributed by atoms with Crippen LogP contribution in [0.2, 0.25) is 0 Å². The average Bonchev–Trinajstić information content (AvgIpc) is 2.46. The van der Waals surface area contributed by atoms with E-state index >= 15 is 0 Å². The summed E-state index contributed by atoms with van der Waals surface area (Å²) in [5.41, 5.74) is 4.24. The molecule has 14 heavy (non-hydrogen) atoms. The molecule has 1 aromatic heterocycles. The number of nitrogens with zero attached hydrogens (tertiary/aromatic N) is 2. The third kappa shape index (κ3) is 3.12. The van der Waals surface area contributed by atoms with Gasteiger partial charge in [0.15, 0.2) is 0 Å². The van der Waals surface area contributed by atoms with Gasteiger partial charge in [-0.15, -0.1) is 0 Å². The second kappa shape index (κ2) is 4.11. The van der Waals surface area contributed by atoms with E-state index < -0.39 is 0 Å². The van der Waals surface area contributed by atoms with E-state index in [-0.39, 0.29) is 11.5 Å². The number of aryl methyl sites for hydroxylation is 1. The Balaban J connectivity index is 2.72. The van der Waals surface area contributed by atoms with E-state index in [1.165, 1.54) is 0 Å². The smallest absolute Gasteiger partial charge is 0.0538 e. The Morgan fingerprint density at radius 3 is 2.57 bits per heavy atom. The van der Waals surface area contributed by atoms with E-state index in [1.807, 2.05) is 19.4 Å². The van der Waals surface area contributed by atoms with E-state index in [2.05, 4.69) is 31.3 Å². The van der Waals surface area contributed by atoms with E-state index in [0.29, 0.717) is 0 Å². The molecule has 0 aromatic carbocycles. The standard InChI is InChI=1S/C10H20N4/c1-10(2,3)5-9(13-11)8-6-12-14(4)7-8/h6-7,9,13H,5,11H2,1-4H3. The van der Waals surface area contributed by atoms with Crippen LogP contribution in [-0.2, 0) is 7.05 Å². The van der Waals surface area contributed by atoms with Gasteiger partial charge in [0, 0.05) is 24.8 Å². The van der Waals surface area contributed by atoms with Crippen molar-refractivity contribution < 1.29 is 0 Å². The number of rotatable bonds is 3. The molecule has 1 rings (SSSR count). The van der Waals surface area contributed by atoms with Crippen LogP contribution in [0.3, 0.4) is 0 Å².